The minimum atomic E-state index is 0. The molecule has 2 aliphatic rings. The largest absolute Gasteiger partial charge is 0.748 e. The molecule has 120 valence electrons. The van der Waals surface area contributed by atoms with Gasteiger partial charge in [-0.05, 0) is 12.8 Å². The quantitative estimate of drug-likeness (QED) is 0.471. The average Bonchev–Trinajstić information content (AvgIpc) is 3.31. The number of hydrogen-bond acceptors (Lipinski definition) is 0. The van der Waals surface area contributed by atoms with Crippen LogP contribution < -0.4 is 0 Å². The summed E-state index contributed by atoms with van der Waals surface area (Å²) in [7, 11) is 0. The zero-order valence-electron chi connectivity index (χ0n) is 12.6. The zero-order valence-corrected chi connectivity index (χ0v) is 16.6. The molecule has 0 saturated heterocycles. The molecule has 0 heterocycles. The van der Waals surface area contributed by atoms with Gasteiger partial charge in [0.1, 0.15) is 0 Å². The smallest absolute Gasteiger partial charge is 0 e. The third-order valence-electron chi connectivity index (χ3n) is 3.73. The SMILES string of the molecule is Clc1c(C2=CC=CC2)c(C2=CC=CC2)c[c-]1Cl.[Zr].[cH-]1[cH-][cH-][cH-][cH-]1. The van der Waals surface area contributed by atoms with Gasteiger partial charge in [0.15, 0.2) is 0 Å². The van der Waals surface area contributed by atoms with Crippen LogP contribution in [0.4, 0.5) is 0 Å². The summed E-state index contributed by atoms with van der Waals surface area (Å²) in [6.45, 7) is 0. The number of hydrogen-bond donors (Lipinski definition) is 0. The number of halogens is 2. The van der Waals surface area contributed by atoms with E-state index in [9.17, 15) is 0 Å². The van der Waals surface area contributed by atoms with Crippen LogP contribution in [0, 0.1) is 0 Å². The maximum absolute atomic E-state index is 6.32. The Morgan fingerprint density at radius 1 is 0.870 bits per heavy atom. The van der Waals surface area contributed by atoms with Crippen LogP contribution >= 0.6 is 23.2 Å². The van der Waals surface area contributed by atoms with Gasteiger partial charge < -0.3 is 30.3 Å². The molecule has 0 bridgehead atoms. The molecular weight excluding hydrogens is 402 g/mol. The second-order valence-electron chi connectivity index (χ2n) is 5.21. The molecule has 0 nitrogen and oxygen atoms in total. The summed E-state index contributed by atoms with van der Waals surface area (Å²) in [6, 6.07) is 12.0. The molecular formula is C20H16Cl2Zr-6. The molecule has 2 aliphatic carbocycles. The Morgan fingerprint density at radius 3 is 1.87 bits per heavy atom. The van der Waals surface area contributed by atoms with Crippen molar-refractivity contribution >= 4 is 34.3 Å². The molecule has 23 heavy (non-hydrogen) atoms. The second-order valence-corrected chi connectivity index (χ2v) is 5.99. The van der Waals surface area contributed by atoms with Crippen molar-refractivity contribution < 1.29 is 26.2 Å². The Hall–Kier alpha value is -0.877. The van der Waals surface area contributed by atoms with E-state index < -0.39 is 0 Å². The van der Waals surface area contributed by atoms with Gasteiger partial charge >= 0.3 is 0 Å². The summed E-state index contributed by atoms with van der Waals surface area (Å²) >= 11 is 12.5. The molecule has 0 aromatic heterocycles. The molecule has 0 unspecified atom stereocenters. The van der Waals surface area contributed by atoms with E-state index in [1.807, 2.05) is 36.4 Å². The van der Waals surface area contributed by atoms with Crippen molar-refractivity contribution in [1.29, 1.82) is 0 Å². The van der Waals surface area contributed by atoms with Crippen LogP contribution in [0.3, 0.4) is 0 Å². The maximum atomic E-state index is 6.32. The van der Waals surface area contributed by atoms with Gasteiger partial charge in [0.2, 0.25) is 0 Å². The topological polar surface area (TPSA) is 0 Å². The summed E-state index contributed by atoms with van der Waals surface area (Å²) in [6.07, 6.45) is 14.6. The fourth-order valence-corrected chi connectivity index (χ4v) is 3.15. The van der Waals surface area contributed by atoms with E-state index in [-0.39, 0.29) is 26.2 Å². The molecule has 0 aliphatic heterocycles. The van der Waals surface area contributed by atoms with Crippen molar-refractivity contribution in [2.75, 3.05) is 0 Å². The molecule has 0 spiro atoms. The van der Waals surface area contributed by atoms with Gasteiger partial charge in [0, 0.05) is 26.2 Å². The third-order valence-corrected chi connectivity index (χ3v) is 4.52. The van der Waals surface area contributed by atoms with Crippen molar-refractivity contribution in [3.8, 4) is 0 Å². The molecule has 0 fully saturated rings. The Bertz CT molecular complexity index is 739. The monoisotopic (exact) mass is 416 g/mol. The van der Waals surface area contributed by atoms with Crippen molar-refractivity contribution in [2.24, 2.45) is 0 Å². The van der Waals surface area contributed by atoms with Crippen molar-refractivity contribution in [3.05, 3.63) is 94.0 Å². The number of allylic oxidation sites excluding steroid dienone is 8. The van der Waals surface area contributed by atoms with E-state index in [1.165, 1.54) is 16.7 Å². The first-order valence-corrected chi connectivity index (χ1v) is 8.06. The molecule has 0 atom stereocenters. The van der Waals surface area contributed by atoms with Crippen LogP contribution in [-0.4, -0.2) is 0 Å². The van der Waals surface area contributed by atoms with Gasteiger partial charge in [-0.25, -0.2) is 0 Å². The fourth-order valence-electron chi connectivity index (χ4n) is 2.67. The van der Waals surface area contributed by atoms with Crippen LogP contribution in [0.15, 0.2) is 72.9 Å². The summed E-state index contributed by atoms with van der Waals surface area (Å²) in [5.74, 6) is 0. The van der Waals surface area contributed by atoms with Crippen molar-refractivity contribution in [1.82, 2.24) is 0 Å². The minimum Gasteiger partial charge on any atom is -0.748 e. The standard InChI is InChI=1S/C15H11Cl2.C5H5.Zr/c16-13-9-12(10-5-1-2-6-10)14(15(13)17)11-7-3-4-8-11;1-2-4-5-3-1;/h1-5,7,9H,6,8H2;1-5H;/q-1;-5;. The maximum Gasteiger partial charge on any atom is 0 e. The summed E-state index contributed by atoms with van der Waals surface area (Å²) in [4.78, 5) is 0. The van der Waals surface area contributed by atoms with Crippen LogP contribution in [-0.2, 0) is 26.2 Å². The van der Waals surface area contributed by atoms with E-state index in [1.54, 1.807) is 0 Å². The predicted octanol–water partition coefficient (Wildman–Crippen LogP) is 6.80. The van der Waals surface area contributed by atoms with E-state index in [0.717, 1.165) is 18.4 Å². The third kappa shape index (κ3) is 4.35. The molecule has 2 aromatic carbocycles. The van der Waals surface area contributed by atoms with E-state index >= 15 is 0 Å². The van der Waals surface area contributed by atoms with Gasteiger partial charge in [-0.1, -0.05) is 46.5 Å². The number of rotatable bonds is 2. The molecule has 3 heteroatoms. The molecule has 0 N–H and O–H groups in total. The van der Waals surface area contributed by atoms with Gasteiger partial charge in [-0.3, -0.25) is 0 Å². The van der Waals surface area contributed by atoms with Gasteiger partial charge in [-0.2, -0.15) is 23.2 Å². The Balaban J connectivity index is 0.000000276. The summed E-state index contributed by atoms with van der Waals surface area (Å²) < 4.78 is 0. The van der Waals surface area contributed by atoms with Crippen LogP contribution in [0.1, 0.15) is 24.0 Å². The normalized spacial score (nSPS) is 14.9. The summed E-state index contributed by atoms with van der Waals surface area (Å²) in [5, 5.41) is 1.33. The molecule has 0 amide bonds. The van der Waals surface area contributed by atoms with E-state index in [0.29, 0.717) is 10.0 Å². The molecule has 4 rings (SSSR count). The Labute approximate surface area is 166 Å². The van der Waals surface area contributed by atoms with Crippen molar-refractivity contribution in [2.45, 2.75) is 12.8 Å². The molecule has 0 saturated carbocycles. The fraction of sp³-hybridized carbons (Fsp3) is 0.100. The van der Waals surface area contributed by atoms with Crippen LogP contribution in [0.5, 0.6) is 0 Å². The van der Waals surface area contributed by atoms with E-state index in [4.69, 9.17) is 23.2 Å². The first-order valence-electron chi connectivity index (χ1n) is 7.31. The van der Waals surface area contributed by atoms with Gasteiger partial charge in [0.05, 0.1) is 0 Å². The molecule has 2 aromatic rings. The first kappa shape index (κ1) is 18.5. The van der Waals surface area contributed by atoms with Gasteiger partial charge in [0.25, 0.3) is 0 Å². The Kier molecular flexibility index (Phi) is 7.09. The molecule has 0 radical (unpaired) electrons. The average molecular weight is 418 g/mol. The predicted molar refractivity (Wildman–Crippen MR) is 97.6 cm³/mol. The first-order chi connectivity index (χ1) is 10.8. The zero-order chi connectivity index (χ0) is 15.4. The van der Waals surface area contributed by atoms with Gasteiger partial charge in [-0.15, -0.1) is 28.3 Å². The minimum absolute atomic E-state index is 0. The summed E-state index contributed by atoms with van der Waals surface area (Å²) in [5.41, 5.74) is 4.84. The van der Waals surface area contributed by atoms with Crippen LogP contribution in [0.25, 0.3) is 11.1 Å². The van der Waals surface area contributed by atoms with E-state index in [2.05, 4.69) is 36.5 Å². The second kappa shape index (κ2) is 8.83. The van der Waals surface area contributed by atoms with Crippen LogP contribution in [0.2, 0.25) is 10.0 Å². The Morgan fingerprint density at radius 2 is 1.39 bits per heavy atom. The van der Waals surface area contributed by atoms with Crippen molar-refractivity contribution in [3.63, 3.8) is 0 Å².